The number of hydrogen-bond donors (Lipinski definition) is 1. The van der Waals surface area contributed by atoms with Crippen LogP contribution < -0.4 is 5.32 Å². The van der Waals surface area contributed by atoms with E-state index in [1.807, 2.05) is 61.5 Å². The first kappa shape index (κ1) is 19.7. The quantitative estimate of drug-likeness (QED) is 0.620. The highest BCUT2D eigenvalue weighted by atomic mass is 32.2. The van der Waals surface area contributed by atoms with Gasteiger partial charge in [0.15, 0.2) is 0 Å². The van der Waals surface area contributed by atoms with Crippen molar-refractivity contribution in [2.24, 2.45) is 5.92 Å². The largest absolute Gasteiger partial charge is 0.468 e. The minimum absolute atomic E-state index is 0.373. The molecule has 2 aromatic carbocycles. The molecule has 0 saturated carbocycles. The van der Waals surface area contributed by atoms with Crippen LogP contribution in [0.25, 0.3) is 0 Å². The van der Waals surface area contributed by atoms with Crippen LogP contribution in [0.2, 0.25) is 0 Å². The molecule has 0 aromatic heterocycles. The van der Waals surface area contributed by atoms with E-state index in [9.17, 15) is 14.9 Å². The Bertz CT molecular complexity index is 946. The van der Waals surface area contributed by atoms with Gasteiger partial charge in [0, 0.05) is 11.7 Å². The second-order valence-corrected chi connectivity index (χ2v) is 7.49. The number of methoxy groups -OCH3 is 1. The van der Waals surface area contributed by atoms with Gasteiger partial charge in [0.05, 0.1) is 23.8 Å². The number of benzene rings is 2. The zero-order valence-electron chi connectivity index (χ0n) is 15.6. The summed E-state index contributed by atoms with van der Waals surface area (Å²) in [7, 11) is 1.25. The number of esters is 1. The SMILES string of the molecule is COC(=O)[C@H]1C(=O)NC(SCc2ccc(C)cc2)=C(C#N)[C@@H]1c1ccccc1. The van der Waals surface area contributed by atoms with E-state index in [1.165, 1.54) is 24.4 Å². The maximum absolute atomic E-state index is 12.7. The smallest absolute Gasteiger partial charge is 0.319 e. The van der Waals surface area contributed by atoms with Crippen molar-refractivity contribution in [1.82, 2.24) is 5.32 Å². The van der Waals surface area contributed by atoms with Crippen LogP contribution in [-0.2, 0) is 20.1 Å². The number of nitrogens with one attached hydrogen (secondary N) is 1. The Morgan fingerprint density at radius 2 is 1.86 bits per heavy atom. The summed E-state index contributed by atoms with van der Waals surface area (Å²) in [5.74, 6) is -2.27. The third-order valence-corrected chi connectivity index (χ3v) is 5.73. The molecular formula is C22H20N2O3S. The number of aryl methyl sites for hydroxylation is 1. The summed E-state index contributed by atoms with van der Waals surface area (Å²) in [5, 5.41) is 13.1. The summed E-state index contributed by atoms with van der Waals surface area (Å²) in [5.41, 5.74) is 3.36. The molecule has 1 aliphatic heterocycles. The first-order chi connectivity index (χ1) is 13.5. The average molecular weight is 392 g/mol. The third kappa shape index (κ3) is 4.10. The fraction of sp³-hybridized carbons (Fsp3) is 0.227. The first-order valence-corrected chi connectivity index (χ1v) is 9.80. The van der Waals surface area contributed by atoms with Gasteiger partial charge in [0.1, 0.15) is 5.92 Å². The van der Waals surface area contributed by atoms with Gasteiger partial charge >= 0.3 is 5.97 Å². The van der Waals surface area contributed by atoms with Crippen molar-refractivity contribution < 1.29 is 14.3 Å². The van der Waals surface area contributed by atoms with E-state index in [-0.39, 0.29) is 0 Å². The van der Waals surface area contributed by atoms with Gasteiger partial charge < -0.3 is 10.1 Å². The molecule has 0 radical (unpaired) electrons. The normalized spacial score (nSPS) is 19.0. The second-order valence-electron chi connectivity index (χ2n) is 6.51. The van der Waals surface area contributed by atoms with Crippen molar-refractivity contribution in [1.29, 1.82) is 5.26 Å². The highest BCUT2D eigenvalue weighted by molar-refractivity contribution is 8.02. The molecule has 2 aromatic rings. The molecule has 3 rings (SSSR count). The lowest BCUT2D eigenvalue weighted by atomic mass is 9.78. The minimum Gasteiger partial charge on any atom is -0.468 e. The number of amides is 1. The van der Waals surface area contributed by atoms with E-state index in [4.69, 9.17) is 4.74 Å². The molecule has 142 valence electrons. The van der Waals surface area contributed by atoms with Gasteiger partial charge in [0.25, 0.3) is 0 Å². The summed E-state index contributed by atoms with van der Waals surface area (Å²) >= 11 is 1.39. The predicted molar refractivity (Wildman–Crippen MR) is 108 cm³/mol. The molecule has 0 unspecified atom stereocenters. The summed E-state index contributed by atoms with van der Waals surface area (Å²) < 4.78 is 4.84. The molecule has 6 heteroatoms. The topological polar surface area (TPSA) is 79.2 Å². The van der Waals surface area contributed by atoms with Gasteiger partial charge in [-0.3, -0.25) is 9.59 Å². The monoisotopic (exact) mass is 392 g/mol. The lowest BCUT2D eigenvalue weighted by Gasteiger charge is -2.31. The molecule has 0 bridgehead atoms. The van der Waals surface area contributed by atoms with E-state index < -0.39 is 23.7 Å². The molecule has 0 spiro atoms. The molecule has 0 fully saturated rings. The number of ether oxygens (including phenoxy) is 1. The van der Waals surface area contributed by atoms with Crippen LogP contribution in [0.4, 0.5) is 0 Å². The van der Waals surface area contributed by atoms with Gasteiger partial charge in [-0.2, -0.15) is 5.26 Å². The lowest BCUT2D eigenvalue weighted by molar-refractivity contribution is -0.150. The lowest BCUT2D eigenvalue weighted by Crippen LogP contribution is -2.44. The Morgan fingerprint density at radius 1 is 1.18 bits per heavy atom. The summed E-state index contributed by atoms with van der Waals surface area (Å²) in [6.45, 7) is 2.02. The highest BCUT2D eigenvalue weighted by Gasteiger charge is 2.44. The molecule has 1 heterocycles. The van der Waals surface area contributed by atoms with E-state index in [2.05, 4.69) is 11.4 Å². The number of carbonyl (C=O) groups is 2. The Kier molecular flexibility index (Phi) is 6.17. The van der Waals surface area contributed by atoms with Gasteiger partial charge in [-0.1, -0.05) is 60.2 Å². The van der Waals surface area contributed by atoms with Crippen LogP contribution in [0.1, 0.15) is 22.6 Å². The average Bonchev–Trinajstić information content (AvgIpc) is 2.72. The van der Waals surface area contributed by atoms with Gasteiger partial charge in [-0.05, 0) is 18.1 Å². The Morgan fingerprint density at radius 3 is 2.46 bits per heavy atom. The fourth-order valence-electron chi connectivity index (χ4n) is 3.18. The van der Waals surface area contributed by atoms with Gasteiger partial charge in [-0.15, -0.1) is 11.8 Å². The van der Waals surface area contributed by atoms with Crippen LogP contribution in [0, 0.1) is 24.2 Å². The maximum Gasteiger partial charge on any atom is 0.319 e. The number of carbonyl (C=O) groups excluding carboxylic acids is 2. The van der Waals surface area contributed by atoms with E-state index >= 15 is 0 Å². The molecule has 1 N–H and O–H groups in total. The Balaban J connectivity index is 1.98. The van der Waals surface area contributed by atoms with Crippen molar-refractivity contribution in [3.8, 4) is 6.07 Å². The third-order valence-electron chi connectivity index (χ3n) is 4.65. The number of nitriles is 1. The van der Waals surface area contributed by atoms with Crippen LogP contribution in [-0.4, -0.2) is 19.0 Å². The molecule has 1 amide bonds. The van der Waals surface area contributed by atoms with Crippen LogP contribution in [0.5, 0.6) is 0 Å². The first-order valence-electron chi connectivity index (χ1n) is 8.81. The van der Waals surface area contributed by atoms with E-state index in [0.29, 0.717) is 16.4 Å². The molecule has 2 atom stereocenters. The van der Waals surface area contributed by atoms with Crippen molar-refractivity contribution in [3.05, 3.63) is 81.9 Å². The maximum atomic E-state index is 12.7. The van der Waals surface area contributed by atoms with Crippen LogP contribution in [0.3, 0.4) is 0 Å². The van der Waals surface area contributed by atoms with Crippen molar-refractivity contribution in [3.63, 3.8) is 0 Å². The molecule has 1 aliphatic rings. The van der Waals surface area contributed by atoms with Crippen molar-refractivity contribution in [2.75, 3.05) is 7.11 Å². The van der Waals surface area contributed by atoms with Gasteiger partial charge in [0.2, 0.25) is 5.91 Å². The molecule has 5 nitrogen and oxygen atoms in total. The van der Waals surface area contributed by atoms with E-state index in [1.54, 1.807) is 0 Å². The number of nitrogens with zero attached hydrogens (tertiary/aromatic N) is 1. The molecule has 0 aliphatic carbocycles. The molecule has 28 heavy (non-hydrogen) atoms. The highest BCUT2D eigenvalue weighted by Crippen LogP contribution is 2.40. The zero-order valence-corrected chi connectivity index (χ0v) is 16.5. The zero-order chi connectivity index (χ0) is 20.1. The number of hydrogen-bond acceptors (Lipinski definition) is 5. The minimum atomic E-state index is -1.09. The van der Waals surface area contributed by atoms with Crippen LogP contribution in [0.15, 0.2) is 65.2 Å². The number of thioether (sulfide) groups is 1. The Labute approximate surface area is 168 Å². The Hall–Kier alpha value is -3.04. The predicted octanol–water partition coefficient (Wildman–Crippen LogP) is 3.67. The van der Waals surface area contributed by atoms with Crippen LogP contribution >= 0.6 is 11.8 Å². The summed E-state index contributed by atoms with van der Waals surface area (Å²) in [6.07, 6.45) is 0. The fourth-order valence-corrected chi connectivity index (χ4v) is 4.18. The summed E-state index contributed by atoms with van der Waals surface area (Å²) in [4.78, 5) is 25.1. The second kappa shape index (κ2) is 8.77. The standard InChI is InChI=1S/C22H20N2O3S/c1-14-8-10-15(11-9-14)13-28-21-17(12-23)18(16-6-4-3-5-7-16)19(20(25)24-21)22(26)27-2/h3-11,18-19H,13H2,1-2H3,(H,24,25)/t18-,19+/m0/s1. The van der Waals surface area contributed by atoms with E-state index in [0.717, 1.165) is 11.1 Å². The van der Waals surface area contributed by atoms with Crippen molar-refractivity contribution in [2.45, 2.75) is 18.6 Å². The number of rotatable bonds is 5. The van der Waals surface area contributed by atoms with Crippen molar-refractivity contribution >= 4 is 23.6 Å². The summed E-state index contributed by atoms with van der Waals surface area (Å²) in [6, 6.07) is 19.4. The molecular weight excluding hydrogens is 372 g/mol. The number of allylic oxidation sites excluding steroid dienone is 1. The van der Waals surface area contributed by atoms with Gasteiger partial charge in [-0.25, -0.2) is 0 Å². The molecule has 0 saturated heterocycles.